The molecule has 1 rings (SSSR count). The van der Waals surface area contributed by atoms with E-state index in [2.05, 4.69) is 0 Å². The average Bonchev–Trinajstić information content (AvgIpc) is 2.30. The fourth-order valence-corrected chi connectivity index (χ4v) is 1.52. The van der Waals surface area contributed by atoms with Crippen LogP contribution in [0.25, 0.3) is 0 Å². The molecule has 0 heterocycles. The van der Waals surface area contributed by atoms with Crippen molar-refractivity contribution in [2.45, 2.75) is 26.7 Å². The van der Waals surface area contributed by atoms with Crippen molar-refractivity contribution in [1.82, 2.24) is 0 Å². The van der Waals surface area contributed by atoms with Gasteiger partial charge in [-0.15, -0.1) is 0 Å². The first-order chi connectivity index (χ1) is 8.10. The molecule has 0 amide bonds. The number of Topliss-reactive ketones (excluding diaryl/α,β-unsaturated/α-hetero) is 1. The van der Waals surface area contributed by atoms with Gasteiger partial charge in [0.25, 0.3) is 0 Å². The summed E-state index contributed by atoms with van der Waals surface area (Å²) in [5.41, 5.74) is 0.460. The van der Waals surface area contributed by atoms with Gasteiger partial charge in [-0.25, -0.2) is 4.79 Å². The van der Waals surface area contributed by atoms with E-state index in [1.165, 1.54) is 18.2 Å². The van der Waals surface area contributed by atoms with Crippen molar-refractivity contribution < 1.29 is 19.4 Å². The molecule has 92 valence electrons. The molecule has 0 unspecified atom stereocenters. The van der Waals surface area contributed by atoms with Gasteiger partial charge in [0.1, 0.15) is 5.75 Å². The van der Waals surface area contributed by atoms with E-state index in [-0.39, 0.29) is 11.3 Å². The normalized spacial score (nSPS) is 10.0. The highest BCUT2D eigenvalue weighted by atomic mass is 16.5. The summed E-state index contributed by atoms with van der Waals surface area (Å²) >= 11 is 0. The van der Waals surface area contributed by atoms with Crippen LogP contribution in [0.15, 0.2) is 18.2 Å². The third kappa shape index (κ3) is 3.31. The number of benzene rings is 1. The monoisotopic (exact) mass is 236 g/mol. The molecule has 17 heavy (non-hydrogen) atoms. The van der Waals surface area contributed by atoms with E-state index in [0.29, 0.717) is 24.3 Å². The third-order valence-corrected chi connectivity index (χ3v) is 2.30. The standard InChI is InChI=1S/C13H16O4/c1-3-5-11(14)10-8-9(13(15)16)6-7-12(10)17-4-2/h6-8H,3-5H2,1-2H3,(H,15,16). The largest absolute Gasteiger partial charge is 0.493 e. The summed E-state index contributed by atoms with van der Waals surface area (Å²) in [7, 11) is 0. The quantitative estimate of drug-likeness (QED) is 0.771. The molecule has 1 N–H and O–H groups in total. The molecule has 0 radical (unpaired) electrons. The van der Waals surface area contributed by atoms with Gasteiger partial charge in [-0.2, -0.15) is 0 Å². The second-order valence-corrected chi connectivity index (χ2v) is 3.62. The zero-order chi connectivity index (χ0) is 12.8. The summed E-state index contributed by atoms with van der Waals surface area (Å²) in [5.74, 6) is -0.673. The number of carboxylic acids is 1. The van der Waals surface area contributed by atoms with E-state index in [0.717, 1.165) is 6.42 Å². The number of ether oxygens (including phenoxy) is 1. The number of aromatic carboxylic acids is 1. The van der Waals surface area contributed by atoms with Crippen molar-refractivity contribution in [3.63, 3.8) is 0 Å². The van der Waals surface area contributed by atoms with Crippen molar-refractivity contribution in [2.24, 2.45) is 0 Å². The minimum absolute atomic E-state index is 0.0842. The number of carboxylic acid groups (broad SMARTS) is 1. The van der Waals surface area contributed by atoms with E-state index in [1.807, 2.05) is 13.8 Å². The Bertz CT molecular complexity index is 423. The number of carbonyl (C=O) groups excluding carboxylic acids is 1. The zero-order valence-corrected chi connectivity index (χ0v) is 10.0. The average molecular weight is 236 g/mol. The summed E-state index contributed by atoms with van der Waals surface area (Å²) < 4.78 is 5.33. The molecule has 0 spiro atoms. The maximum atomic E-state index is 11.8. The van der Waals surface area contributed by atoms with Crippen LogP contribution in [0.2, 0.25) is 0 Å². The number of hydrogen-bond acceptors (Lipinski definition) is 3. The van der Waals surface area contributed by atoms with Gasteiger partial charge in [-0.1, -0.05) is 6.92 Å². The molecule has 4 heteroatoms. The zero-order valence-electron chi connectivity index (χ0n) is 10.0. The minimum atomic E-state index is -1.04. The molecule has 4 nitrogen and oxygen atoms in total. The first-order valence-corrected chi connectivity index (χ1v) is 5.63. The molecule has 0 fully saturated rings. The molecule has 0 aliphatic rings. The van der Waals surface area contributed by atoms with Gasteiger partial charge in [0.15, 0.2) is 5.78 Å². The van der Waals surface area contributed by atoms with Crippen molar-refractivity contribution in [1.29, 1.82) is 0 Å². The summed E-state index contributed by atoms with van der Waals surface area (Å²) in [5, 5.41) is 8.89. The molecule has 0 aliphatic carbocycles. The molecule has 0 atom stereocenters. The second-order valence-electron chi connectivity index (χ2n) is 3.62. The summed E-state index contributed by atoms with van der Waals surface area (Å²) in [6, 6.07) is 4.36. The van der Waals surface area contributed by atoms with E-state index in [1.54, 1.807) is 0 Å². The first kappa shape index (κ1) is 13.2. The Morgan fingerprint density at radius 3 is 2.53 bits per heavy atom. The molecule has 0 saturated heterocycles. The number of ketones is 1. The van der Waals surface area contributed by atoms with Gasteiger partial charge in [0.05, 0.1) is 17.7 Å². The van der Waals surface area contributed by atoms with Crippen LogP contribution in [0.4, 0.5) is 0 Å². The lowest BCUT2D eigenvalue weighted by molar-refractivity contribution is 0.0697. The van der Waals surface area contributed by atoms with Crippen LogP contribution in [0.5, 0.6) is 5.75 Å². The Kier molecular flexibility index (Phi) is 4.69. The van der Waals surface area contributed by atoms with Crippen LogP contribution in [-0.2, 0) is 0 Å². The summed E-state index contributed by atoms with van der Waals surface area (Å²) in [4.78, 5) is 22.7. The smallest absolute Gasteiger partial charge is 0.335 e. The fraction of sp³-hybridized carbons (Fsp3) is 0.385. The van der Waals surface area contributed by atoms with Crippen molar-refractivity contribution in [3.05, 3.63) is 29.3 Å². The van der Waals surface area contributed by atoms with E-state index >= 15 is 0 Å². The van der Waals surface area contributed by atoms with Gasteiger partial charge in [0, 0.05) is 6.42 Å². The van der Waals surface area contributed by atoms with Crippen molar-refractivity contribution >= 4 is 11.8 Å². The molecular weight excluding hydrogens is 220 g/mol. The predicted octanol–water partition coefficient (Wildman–Crippen LogP) is 2.77. The molecule has 0 aliphatic heterocycles. The van der Waals surface area contributed by atoms with E-state index in [9.17, 15) is 9.59 Å². The number of hydrogen-bond donors (Lipinski definition) is 1. The lowest BCUT2D eigenvalue weighted by Gasteiger charge is -2.09. The maximum Gasteiger partial charge on any atom is 0.335 e. The lowest BCUT2D eigenvalue weighted by atomic mass is 10.0. The first-order valence-electron chi connectivity index (χ1n) is 5.63. The van der Waals surface area contributed by atoms with Gasteiger partial charge < -0.3 is 9.84 Å². The highest BCUT2D eigenvalue weighted by Gasteiger charge is 2.14. The Hall–Kier alpha value is -1.84. The molecule has 0 saturated carbocycles. The Balaban J connectivity index is 3.15. The van der Waals surface area contributed by atoms with Crippen molar-refractivity contribution in [2.75, 3.05) is 6.61 Å². The molecule has 0 bridgehead atoms. The number of rotatable bonds is 6. The topological polar surface area (TPSA) is 63.6 Å². The van der Waals surface area contributed by atoms with Crippen LogP contribution in [0.1, 0.15) is 47.4 Å². The highest BCUT2D eigenvalue weighted by Crippen LogP contribution is 2.22. The fourth-order valence-electron chi connectivity index (χ4n) is 1.52. The minimum Gasteiger partial charge on any atom is -0.493 e. The van der Waals surface area contributed by atoms with E-state index in [4.69, 9.17) is 9.84 Å². The number of carbonyl (C=O) groups is 2. The van der Waals surface area contributed by atoms with Gasteiger partial charge in [-0.05, 0) is 31.5 Å². The molecule has 0 aromatic heterocycles. The predicted molar refractivity (Wildman–Crippen MR) is 63.8 cm³/mol. The maximum absolute atomic E-state index is 11.8. The second kappa shape index (κ2) is 6.03. The van der Waals surface area contributed by atoms with Crippen LogP contribution in [0, 0.1) is 0 Å². The third-order valence-electron chi connectivity index (χ3n) is 2.30. The van der Waals surface area contributed by atoms with Crippen molar-refractivity contribution in [3.8, 4) is 5.75 Å². The van der Waals surface area contributed by atoms with Crippen LogP contribution < -0.4 is 4.74 Å². The Morgan fingerprint density at radius 2 is 2.00 bits per heavy atom. The van der Waals surface area contributed by atoms with Gasteiger partial charge in [0.2, 0.25) is 0 Å². The molecular formula is C13H16O4. The lowest BCUT2D eigenvalue weighted by Crippen LogP contribution is -2.06. The highest BCUT2D eigenvalue weighted by molar-refractivity contribution is 6.01. The SMILES string of the molecule is CCCC(=O)c1cc(C(=O)O)ccc1OCC. The summed E-state index contributed by atoms with van der Waals surface area (Å²) in [6.45, 7) is 4.16. The molecule has 1 aromatic rings. The van der Waals surface area contributed by atoms with Gasteiger partial charge in [-0.3, -0.25) is 4.79 Å². The molecule has 1 aromatic carbocycles. The van der Waals surface area contributed by atoms with Crippen LogP contribution in [-0.4, -0.2) is 23.5 Å². The van der Waals surface area contributed by atoms with Gasteiger partial charge >= 0.3 is 5.97 Å². The van der Waals surface area contributed by atoms with Crippen LogP contribution >= 0.6 is 0 Å². The van der Waals surface area contributed by atoms with Crippen LogP contribution in [0.3, 0.4) is 0 Å². The summed E-state index contributed by atoms with van der Waals surface area (Å²) in [6.07, 6.45) is 1.12. The van der Waals surface area contributed by atoms with E-state index < -0.39 is 5.97 Å². The Labute approximate surface area is 100 Å². The Morgan fingerprint density at radius 1 is 1.29 bits per heavy atom.